The third-order valence-electron chi connectivity index (χ3n) is 3.25. The third-order valence-corrected chi connectivity index (χ3v) is 3.25. The van der Waals surface area contributed by atoms with Crippen molar-refractivity contribution in [1.29, 1.82) is 5.26 Å². The topological polar surface area (TPSA) is 53.1 Å². The summed E-state index contributed by atoms with van der Waals surface area (Å²) in [7, 11) is 0. The molecule has 0 heterocycles. The van der Waals surface area contributed by atoms with E-state index in [4.69, 9.17) is 11.0 Å². The highest BCUT2D eigenvalue weighted by Gasteiger charge is 2.22. The number of rotatable bonds is 8. The van der Waals surface area contributed by atoms with Crippen LogP contribution in [0, 0.1) is 17.2 Å². The summed E-state index contributed by atoms with van der Waals surface area (Å²) in [5.74, 6) is 0.683. The lowest BCUT2D eigenvalue weighted by molar-refractivity contribution is 0.190. The first-order valence-corrected chi connectivity index (χ1v) is 6.78. The van der Waals surface area contributed by atoms with Crippen LogP contribution in [0.15, 0.2) is 0 Å². The number of nitriles is 1. The van der Waals surface area contributed by atoms with E-state index in [2.05, 4.69) is 38.7 Å². The van der Waals surface area contributed by atoms with Gasteiger partial charge in [-0.25, -0.2) is 0 Å². The molecule has 3 heteroatoms. The van der Waals surface area contributed by atoms with Gasteiger partial charge in [0.2, 0.25) is 0 Å². The Bertz CT molecular complexity index is 242. The van der Waals surface area contributed by atoms with E-state index < -0.39 is 5.54 Å². The highest BCUT2D eigenvalue weighted by Crippen LogP contribution is 2.14. The van der Waals surface area contributed by atoms with Crippen LogP contribution in [-0.2, 0) is 0 Å². The molecule has 2 N–H and O–H groups in total. The highest BCUT2D eigenvalue weighted by molar-refractivity contribution is 5.03. The lowest BCUT2D eigenvalue weighted by Crippen LogP contribution is -2.40. The van der Waals surface area contributed by atoms with Crippen molar-refractivity contribution in [3.05, 3.63) is 0 Å². The Morgan fingerprint density at radius 2 is 1.88 bits per heavy atom. The maximum absolute atomic E-state index is 9.02. The number of nitrogens with two attached hydrogens (primary N) is 1. The molecule has 1 unspecified atom stereocenters. The molecule has 0 radical (unpaired) electrons. The molecular formula is C14H29N3. The summed E-state index contributed by atoms with van der Waals surface area (Å²) in [6.07, 6.45) is 2.53. The Morgan fingerprint density at radius 1 is 1.29 bits per heavy atom. The van der Waals surface area contributed by atoms with E-state index in [-0.39, 0.29) is 0 Å². The summed E-state index contributed by atoms with van der Waals surface area (Å²) in [5.41, 5.74) is 5.36. The summed E-state index contributed by atoms with van der Waals surface area (Å²) < 4.78 is 0. The average molecular weight is 239 g/mol. The molecule has 0 fully saturated rings. The Labute approximate surface area is 107 Å². The van der Waals surface area contributed by atoms with Crippen LogP contribution in [0.1, 0.15) is 53.9 Å². The first-order valence-electron chi connectivity index (χ1n) is 6.78. The van der Waals surface area contributed by atoms with Gasteiger partial charge in [-0.3, -0.25) is 0 Å². The molecule has 0 spiro atoms. The minimum atomic E-state index is -0.625. The van der Waals surface area contributed by atoms with Crippen LogP contribution >= 0.6 is 0 Å². The highest BCUT2D eigenvalue weighted by atomic mass is 15.1. The number of hydrogen-bond acceptors (Lipinski definition) is 3. The molecular weight excluding hydrogens is 210 g/mol. The summed E-state index contributed by atoms with van der Waals surface area (Å²) in [6, 6.07) is 2.79. The van der Waals surface area contributed by atoms with Crippen LogP contribution in [0.3, 0.4) is 0 Å². The zero-order valence-corrected chi connectivity index (χ0v) is 12.2. The zero-order valence-electron chi connectivity index (χ0n) is 12.2. The summed E-state index contributed by atoms with van der Waals surface area (Å²) in [5, 5.41) is 9.02. The van der Waals surface area contributed by atoms with Gasteiger partial charge in [0, 0.05) is 12.6 Å². The number of hydrogen-bond donors (Lipinski definition) is 1. The molecule has 0 amide bonds. The Kier molecular flexibility index (Phi) is 7.41. The first kappa shape index (κ1) is 16.4. The minimum absolute atomic E-state index is 0.563. The molecule has 0 aromatic heterocycles. The summed E-state index contributed by atoms with van der Waals surface area (Å²) in [6.45, 7) is 13.1. The van der Waals surface area contributed by atoms with Crippen molar-refractivity contribution in [3.8, 4) is 6.07 Å². The van der Waals surface area contributed by atoms with Crippen molar-refractivity contribution in [3.63, 3.8) is 0 Å². The van der Waals surface area contributed by atoms with E-state index in [1.807, 2.05) is 6.92 Å². The molecule has 0 aliphatic heterocycles. The van der Waals surface area contributed by atoms with Gasteiger partial charge in [0.25, 0.3) is 0 Å². The van der Waals surface area contributed by atoms with Crippen molar-refractivity contribution >= 4 is 0 Å². The Balaban J connectivity index is 4.11. The molecule has 100 valence electrons. The maximum atomic E-state index is 9.02. The predicted molar refractivity (Wildman–Crippen MR) is 73.6 cm³/mol. The standard InChI is InChI=1S/C14H29N3/c1-6-14(16,11-15)8-7-9-17(13(4)5)10-12(2)3/h12-13H,6-10,16H2,1-5H3. The normalized spacial score (nSPS) is 15.3. The largest absolute Gasteiger partial charge is 0.313 e. The Morgan fingerprint density at radius 3 is 2.24 bits per heavy atom. The SMILES string of the molecule is CCC(N)(C#N)CCCN(CC(C)C)C(C)C. The quantitative estimate of drug-likeness (QED) is 0.708. The van der Waals surface area contributed by atoms with Crippen molar-refractivity contribution in [2.45, 2.75) is 65.5 Å². The fourth-order valence-electron chi connectivity index (χ4n) is 1.94. The summed E-state index contributed by atoms with van der Waals surface area (Å²) in [4.78, 5) is 2.47. The van der Waals surface area contributed by atoms with Crippen LogP contribution in [0.2, 0.25) is 0 Å². The molecule has 1 atom stereocenters. The zero-order chi connectivity index (χ0) is 13.5. The maximum Gasteiger partial charge on any atom is 0.104 e. The van der Waals surface area contributed by atoms with Crippen LogP contribution in [0.5, 0.6) is 0 Å². The van der Waals surface area contributed by atoms with E-state index in [0.717, 1.165) is 32.4 Å². The van der Waals surface area contributed by atoms with Crippen LogP contribution < -0.4 is 5.73 Å². The molecule has 0 rings (SSSR count). The van der Waals surface area contributed by atoms with Gasteiger partial charge >= 0.3 is 0 Å². The van der Waals surface area contributed by atoms with E-state index >= 15 is 0 Å². The summed E-state index contributed by atoms with van der Waals surface area (Å²) >= 11 is 0. The van der Waals surface area contributed by atoms with Gasteiger partial charge in [-0.15, -0.1) is 0 Å². The van der Waals surface area contributed by atoms with Gasteiger partial charge in [0.1, 0.15) is 5.54 Å². The van der Waals surface area contributed by atoms with Crippen LogP contribution in [-0.4, -0.2) is 29.6 Å². The molecule has 0 bridgehead atoms. The molecule has 0 aromatic rings. The monoisotopic (exact) mass is 239 g/mol. The second kappa shape index (κ2) is 7.68. The number of nitrogens with zero attached hydrogens (tertiary/aromatic N) is 2. The Hall–Kier alpha value is -0.590. The van der Waals surface area contributed by atoms with Gasteiger partial charge in [-0.1, -0.05) is 20.8 Å². The van der Waals surface area contributed by atoms with Crippen molar-refractivity contribution < 1.29 is 0 Å². The minimum Gasteiger partial charge on any atom is -0.313 e. The van der Waals surface area contributed by atoms with Crippen molar-refractivity contribution in [2.24, 2.45) is 11.7 Å². The fraction of sp³-hybridized carbons (Fsp3) is 0.929. The second-order valence-corrected chi connectivity index (χ2v) is 5.71. The van der Waals surface area contributed by atoms with E-state index in [1.54, 1.807) is 0 Å². The van der Waals surface area contributed by atoms with E-state index in [1.165, 1.54) is 0 Å². The van der Waals surface area contributed by atoms with Crippen LogP contribution in [0.4, 0.5) is 0 Å². The second-order valence-electron chi connectivity index (χ2n) is 5.71. The lowest BCUT2D eigenvalue weighted by Gasteiger charge is -2.29. The molecule has 0 aliphatic carbocycles. The first-order chi connectivity index (χ1) is 7.84. The molecule has 0 saturated carbocycles. The van der Waals surface area contributed by atoms with E-state index in [0.29, 0.717) is 12.0 Å². The lowest BCUT2D eigenvalue weighted by atomic mass is 9.93. The van der Waals surface area contributed by atoms with Crippen molar-refractivity contribution in [2.75, 3.05) is 13.1 Å². The smallest absolute Gasteiger partial charge is 0.104 e. The molecule has 0 aromatic carbocycles. The average Bonchev–Trinajstić information content (AvgIpc) is 2.26. The van der Waals surface area contributed by atoms with Gasteiger partial charge < -0.3 is 10.6 Å². The van der Waals surface area contributed by atoms with E-state index in [9.17, 15) is 0 Å². The van der Waals surface area contributed by atoms with Gasteiger partial charge in [0.15, 0.2) is 0 Å². The van der Waals surface area contributed by atoms with Crippen LogP contribution in [0.25, 0.3) is 0 Å². The molecule has 17 heavy (non-hydrogen) atoms. The van der Waals surface area contributed by atoms with Crippen molar-refractivity contribution in [1.82, 2.24) is 4.90 Å². The van der Waals surface area contributed by atoms with Gasteiger partial charge in [-0.05, 0) is 45.6 Å². The van der Waals surface area contributed by atoms with Gasteiger partial charge in [0.05, 0.1) is 6.07 Å². The molecule has 3 nitrogen and oxygen atoms in total. The molecule has 0 saturated heterocycles. The fourth-order valence-corrected chi connectivity index (χ4v) is 1.94. The molecule has 0 aliphatic rings. The van der Waals surface area contributed by atoms with Gasteiger partial charge in [-0.2, -0.15) is 5.26 Å². The third kappa shape index (κ3) is 6.65. The predicted octanol–water partition coefficient (Wildman–Crippen LogP) is 2.76.